The Balaban J connectivity index is 2.16. The third kappa shape index (κ3) is 6.73. The average molecular weight is 281 g/mol. The number of hydrogen-bond donors (Lipinski definition) is 1. The van der Waals surface area contributed by atoms with E-state index in [1.807, 2.05) is 0 Å². The smallest absolute Gasteiger partial charge is 0.303 e. The Kier molecular flexibility index (Phi) is 7.09. The van der Waals surface area contributed by atoms with Crippen LogP contribution in [0.15, 0.2) is 30.3 Å². The van der Waals surface area contributed by atoms with Crippen LogP contribution in [0.2, 0.25) is 0 Å². The zero-order valence-electron chi connectivity index (χ0n) is 12.1. The zero-order chi connectivity index (χ0) is 14.1. The highest BCUT2D eigenvalue weighted by Gasteiger charge is 2.26. The van der Waals surface area contributed by atoms with Crippen molar-refractivity contribution < 1.29 is 9.90 Å². The van der Waals surface area contributed by atoms with Gasteiger partial charge >= 0.3 is 5.97 Å². The molecule has 0 aliphatic heterocycles. The van der Waals surface area contributed by atoms with E-state index in [1.165, 1.54) is 30.7 Å². The van der Waals surface area contributed by atoms with E-state index in [1.54, 1.807) is 0 Å². The quantitative estimate of drug-likeness (QED) is 0.548. The topological polar surface area (TPSA) is 37.3 Å². The highest BCUT2D eigenvalue weighted by Crippen LogP contribution is 2.50. The molecule has 3 heteroatoms. The number of aliphatic carboxylic acids is 1. The van der Waals surface area contributed by atoms with Crippen molar-refractivity contribution >= 4 is 18.5 Å². The Hall–Kier alpha value is -0.880. The van der Waals surface area contributed by atoms with Crippen molar-refractivity contribution in [2.75, 3.05) is 19.5 Å². The summed E-state index contributed by atoms with van der Waals surface area (Å²) in [7, 11) is -0.960. The zero-order valence-corrected chi connectivity index (χ0v) is 13.0. The van der Waals surface area contributed by atoms with Gasteiger partial charge in [-0.1, -0.05) is 31.0 Å². The van der Waals surface area contributed by atoms with Gasteiger partial charge in [0.15, 0.2) is 0 Å². The molecule has 0 radical (unpaired) electrons. The van der Waals surface area contributed by atoms with Gasteiger partial charge in [-0.05, 0) is 31.4 Å². The Morgan fingerprint density at radius 2 is 1.58 bits per heavy atom. The maximum absolute atomic E-state index is 10.4. The molecule has 0 saturated heterocycles. The SMILES string of the molecule is C[P+](C)(CCCCCCCC(=O)O)c1ccccc1. The number of carboxylic acid groups (broad SMARTS) is 1. The lowest BCUT2D eigenvalue weighted by atomic mass is 10.1. The molecule has 1 N–H and O–H groups in total. The molecule has 0 spiro atoms. The van der Waals surface area contributed by atoms with E-state index in [9.17, 15) is 4.79 Å². The van der Waals surface area contributed by atoms with Crippen LogP contribution in [0.1, 0.15) is 38.5 Å². The number of benzene rings is 1. The molecular weight excluding hydrogens is 255 g/mol. The number of hydrogen-bond acceptors (Lipinski definition) is 1. The van der Waals surface area contributed by atoms with E-state index in [4.69, 9.17) is 5.11 Å². The molecule has 0 unspecified atom stereocenters. The van der Waals surface area contributed by atoms with E-state index in [0.717, 1.165) is 12.8 Å². The predicted octanol–water partition coefficient (Wildman–Crippen LogP) is 4.01. The molecule has 0 aromatic heterocycles. The lowest BCUT2D eigenvalue weighted by Gasteiger charge is -2.17. The molecule has 0 aliphatic carbocycles. The lowest BCUT2D eigenvalue weighted by Crippen LogP contribution is -2.11. The first-order valence-corrected chi connectivity index (χ1v) is 9.99. The molecule has 0 amide bonds. The van der Waals surface area contributed by atoms with E-state index < -0.39 is 13.2 Å². The number of carbonyl (C=O) groups is 1. The second-order valence-electron chi connectivity index (χ2n) is 5.66. The van der Waals surface area contributed by atoms with Crippen molar-refractivity contribution in [2.24, 2.45) is 0 Å². The van der Waals surface area contributed by atoms with Gasteiger partial charge in [-0.15, -0.1) is 0 Å². The van der Waals surface area contributed by atoms with Crippen LogP contribution < -0.4 is 5.30 Å². The molecular formula is C16H26O2P+. The first-order valence-electron chi connectivity index (χ1n) is 7.13. The summed E-state index contributed by atoms with van der Waals surface area (Å²) in [5.41, 5.74) is 0. The normalized spacial score (nSPS) is 11.5. The summed E-state index contributed by atoms with van der Waals surface area (Å²) in [4.78, 5) is 10.4. The number of rotatable bonds is 9. The standard InChI is InChI=1S/C16H25O2P/c1-19(2,15-11-7-6-8-12-15)14-10-5-3-4-9-13-16(17)18/h6-8,11-12H,3-5,9-10,13-14H2,1-2H3/p+1. The van der Waals surface area contributed by atoms with Crippen molar-refractivity contribution in [3.63, 3.8) is 0 Å². The first kappa shape index (κ1) is 16.2. The van der Waals surface area contributed by atoms with Crippen LogP contribution in [-0.4, -0.2) is 30.6 Å². The minimum absolute atomic E-state index is 0.322. The summed E-state index contributed by atoms with van der Waals surface area (Å²) in [5, 5.41) is 10.1. The molecule has 0 saturated carbocycles. The highest BCUT2D eigenvalue weighted by atomic mass is 31.2. The van der Waals surface area contributed by atoms with Crippen molar-refractivity contribution in [3.05, 3.63) is 30.3 Å². The summed E-state index contributed by atoms with van der Waals surface area (Å²) < 4.78 is 0. The molecule has 1 aromatic carbocycles. The molecule has 0 heterocycles. The van der Waals surface area contributed by atoms with Crippen LogP contribution in [0.25, 0.3) is 0 Å². The second kappa shape index (κ2) is 8.32. The molecule has 0 aliphatic rings. The number of unbranched alkanes of at least 4 members (excludes halogenated alkanes) is 4. The van der Waals surface area contributed by atoms with E-state index >= 15 is 0 Å². The molecule has 0 fully saturated rings. The minimum atomic E-state index is -0.960. The molecule has 1 rings (SSSR count). The van der Waals surface area contributed by atoms with Gasteiger partial charge in [0, 0.05) is 13.7 Å². The summed E-state index contributed by atoms with van der Waals surface area (Å²) in [5.74, 6) is -0.670. The highest BCUT2D eigenvalue weighted by molar-refractivity contribution is 7.81. The predicted molar refractivity (Wildman–Crippen MR) is 85.0 cm³/mol. The fourth-order valence-corrected chi connectivity index (χ4v) is 4.53. The lowest BCUT2D eigenvalue weighted by molar-refractivity contribution is -0.137. The van der Waals surface area contributed by atoms with Gasteiger partial charge in [0.05, 0.1) is 24.8 Å². The van der Waals surface area contributed by atoms with Crippen molar-refractivity contribution in [3.8, 4) is 0 Å². The van der Waals surface area contributed by atoms with Crippen molar-refractivity contribution in [1.29, 1.82) is 0 Å². The third-order valence-electron chi connectivity index (χ3n) is 3.56. The fourth-order valence-electron chi connectivity index (χ4n) is 2.27. The average Bonchev–Trinajstić information content (AvgIpc) is 2.38. The van der Waals surface area contributed by atoms with Gasteiger partial charge in [0.25, 0.3) is 0 Å². The van der Waals surface area contributed by atoms with Crippen LogP contribution in [-0.2, 0) is 4.79 Å². The van der Waals surface area contributed by atoms with Crippen LogP contribution in [0, 0.1) is 0 Å². The largest absolute Gasteiger partial charge is 0.481 e. The van der Waals surface area contributed by atoms with Crippen molar-refractivity contribution in [2.45, 2.75) is 38.5 Å². The van der Waals surface area contributed by atoms with Crippen LogP contribution >= 0.6 is 7.26 Å². The Labute approximate surface area is 117 Å². The van der Waals surface area contributed by atoms with Gasteiger partial charge in [0.2, 0.25) is 0 Å². The summed E-state index contributed by atoms with van der Waals surface area (Å²) in [6.45, 7) is 4.82. The van der Waals surface area contributed by atoms with Crippen LogP contribution in [0.4, 0.5) is 0 Å². The van der Waals surface area contributed by atoms with E-state index in [0.29, 0.717) is 6.42 Å². The van der Waals surface area contributed by atoms with Gasteiger partial charge in [-0.25, -0.2) is 0 Å². The molecule has 106 valence electrons. The Bertz CT molecular complexity index is 374. The van der Waals surface area contributed by atoms with E-state index in [2.05, 4.69) is 43.7 Å². The fraction of sp³-hybridized carbons (Fsp3) is 0.562. The summed E-state index contributed by atoms with van der Waals surface area (Å²) >= 11 is 0. The van der Waals surface area contributed by atoms with E-state index in [-0.39, 0.29) is 0 Å². The summed E-state index contributed by atoms with van der Waals surface area (Å²) in [6, 6.07) is 10.8. The monoisotopic (exact) mass is 281 g/mol. The Morgan fingerprint density at radius 3 is 2.21 bits per heavy atom. The third-order valence-corrected chi connectivity index (χ3v) is 6.69. The maximum atomic E-state index is 10.4. The molecule has 0 atom stereocenters. The Morgan fingerprint density at radius 1 is 1.00 bits per heavy atom. The molecule has 19 heavy (non-hydrogen) atoms. The minimum Gasteiger partial charge on any atom is -0.481 e. The van der Waals surface area contributed by atoms with Gasteiger partial charge < -0.3 is 5.11 Å². The number of carboxylic acids is 1. The summed E-state index contributed by atoms with van der Waals surface area (Å²) in [6.07, 6.45) is 7.17. The second-order valence-corrected chi connectivity index (χ2v) is 9.99. The van der Waals surface area contributed by atoms with Gasteiger partial charge in [0.1, 0.15) is 0 Å². The van der Waals surface area contributed by atoms with Gasteiger partial charge in [-0.3, -0.25) is 4.79 Å². The maximum Gasteiger partial charge on any atom is 0.303 e. The van der Waals surface area contributed by atoms with Gasteiger partial charge in [-0.2, -0.15) is 0 Å². The van der Waals surface area contributed by atoms with Crippen molar-refractivity contribution in [1.82, 2.24) is 0 Å². The molecule has 2 nitrogen and oxygen atoms in total. The first-order chi connectivity index (χ1) is 9.02. The van der Waals surface area contributed by atoms with Crippen LogP contribution in [0.3, 0.4) is 0 Å². The molecule has 0 bridgehead atoms. The van der Waals surface area contributed by atoms with Crippen LogP contribution in [0.5, 0.6) is 0 Å². The molecule has 1 aromatic rings.